The third-order valence-electron chi connectivity index (χ3n) is 4.21. The van der Waals surface area contributed by atoms with Crippen molar-refractivity contribution in [2.45, 2.75) is 168 Å². The Morgan fingerprint density at radius 3 is 0.480 bits per heavy atom. The van der Waals surface area contributed by atoms with Crippen LogP contribution in [0.2, 0.25) is 0 Å². The molecule has 0 saturated carbocycles. The maximum absolute atomic E-state index is 2.30. The van der Waals surface area contributed by atoms with Crippen LogP contribution < -0.4 is 0 Å². The summed E-state index contributed by atoms with van der Waals surface area (Å²) in [5, 5.41) is 0. The molecule has 0 aromatic carbocycles. The number of rotatable bonds is 16. The van der Waals surface area contributed by atoms with Gasteiger partial charge in [-0.05, 0) is 0 Å². The zero-order valence-electron chi connectivity index (χ0n) is 14.0. The van der Waals surface area contributed by atoms with E-state index in [1.807, 2.05) is 0 Å². The minimum absolute atomic E-state index is 0. The molecule has 0 aromatic heterocycles. The van der Waals surface area contributed by atoms with Gasteiger partial charge in [0.25, 0.3) is 0 Å². The van der Waals surface area contributed by atoms with Gasteiger partial charge in [-0.15, -0.1) is 0 Å². The summed E-state index contributed by atoms with van der Waals surface area (Å²) in [5.74, 6) is 0. The normalized spacial score (nSPS) is 8.40. The summed E-state index contributed by atoms with van der Waals surface area (Å²) in [6, 6.07) is 0. The van der Waals surface area contributed by atoms with Gasteiger partial charge in [-0.3, -0.25) is 0 Å². The topological polar surface area (TPSA) is 0 Å². The molecule has 0 aliphatic carbocycles. The van der Waals surface area contributed by atoms with Crippen molar-refractivity contribution in [2.24, 2.45) is 0 Å². The highest BCUT2D eigenvalue weighted by atomic mass is 14.0. The average molecular weight is 365 g/mol. The first-order valence-electron chi connectivity index (χ1n) is 9.41. The van der Waals surface area contributed by atoms with Crippen LogP contribution in [0.15, 0.2) is 0 Å². The molecule has 0 atom stereocenters. The SMILES string of the molecule is C.C.C.C.C.C.CCCCCCCCCCCCCCCCCCC. The third-order valence-corrected chi connectivity index (χ3v) is 4.21. The summed E-state index contributed by atoms with van der Waals surface area (Å²) in [5.41, 5.74) is 0. The van der Waals surface area contributed by atoms with E-state index in [0.717, 1.165) is 0 Å². The van der Waals surface area contributed by atoms with E-state index < -0.39 is 0 Å². The van der Waals surface area contributed by atoms with Gasteiger partial charge in [0.2, 0.25) is 0 Å². The second kappa shape index (κ2) is 43.9. The van der Waals surface area contributed by atoms with E-state index in [1.54, 1.807) is 0 Å². The smallest absolute Gasteiger partial charge is 0.0533 e. The number of unbranched alkanes of at least 4 members (excludes halogenated alkanes) is 16. The van der Waals surface area contributed by atoms with Gasteiger partial charge in [0.15, 0.2) is 0 Å². The molecule has 0 amide bonds. The van der Waals surface area contributed by atoms with Crippen LogP contribution in [0.3, 0.4) is 0 Å². The van der Waals surface area contributed by atoms with Crippen LogP contribution in [-0.2, 0) is 0 Å². The van der Waals surface area contributed by atoms with Gasteiger partial charge >= 0.3 is 0 Å². The summed E-state index contributed by atoms with van der Waals surface area (Å²) in [4.78, 5) is 0. The van der Waals surface area contributed by atoms with E-state index in [1.165, 1.54) is 109 Å². The lowest BCUT2D eigenvalue weighted by atomic mass is 10.0. The maximum Gasteiger partial charge on any atom is -0.0533 e. The predicted octanol–water partition coefficient (Wildman–Crippen LogP) is 11.5. The zero-order chi connectivity index (χ0) is 14.0. The van der Waals surface area contributed by atoms with Crippen LogP contribution in [0.4, 0.5) is 0 Å². The van der Waals surface area contributed by atoms with Crippen LogP contribution in [0.1, 0.15) is 168 Å². The first-order valence-corrected chi connectivity index (χ1v) is 9.41. The molecule has 0 aromatic rings. The summed E-state index contributed by atoms with van der Waals surface area (Å²) in [6.07, 6.45) is 24.9. The Morgan fingerprint density at radius 1 is 0.240 bits per heavy atom. The molecule has 0 rings (SSSR count). The van der Waals surface area contributed by atoms with E-state index in [9.17, 15) is 0 Å². The lowest BCUT2D eigenvalue weighted by Gasteiger charge is -2.03. The minimum atomic E-state index is 0. The van der Waals surface area contributed by atoms with Crippen molar-refractivity contribution in [1.29, 1.82) is 0 Å². The molecule has 25 heavy (non-hydrogen) atoms. The third kappa shape index (κ3) is 45.4. The molecule has 0 spiro atoms. The molecule has 0 saturated heterocycles. The van der Waals surface area contributed by atoms with Gasteiger partial charge in [-0.2, -0.15) is 0 Å². The summed E-state index contributed by atoms with van der Waals surface area (Å²) >= 11 is 0. The molecule has 0 nitrogen and oxygen atoms in total. The van der Waals surface area contributed by atoms with Gasteiger partial charge in [-0.1, -0.05) is 168 Å². The summed E-state index contributed by atoms with van der Waals surface area (Å²) in [7, 11) is 0. The summed E-state index contributed by atoms with van der Waals surface area (Å²) in [6.45, 7) is 4.59. The fourth-order valence-corrected chi connectivity index (χ4v) is 2.80. The van der Waals surface area contributed by atoms with Crippen LogP contribution in [0.5, 0.6) is 0 Å². The Labute approximate surface area is 168 Å². The quantitative estimate of drug-likeness (QED) is 0.239. The first-order chi connectivity index (χ1) is 9.41. The largest absolute Gasteiger partial charge is 0.0776 e. The Hall–Kier alpha value is 0. The van der Waals surface area contributed by atoms with Crippen molar-refractivity contribution in [2.75, 3.05) is 0 Å². The second-order valence-electron chi connectivity index (χ2n) is 6.30. The Morgan fingerprint density at radius 2 is 0.360 bits per heavy atom. The second-order valence-corrected chi connectivity index (χ2v) is 6.30. The van der Waals surface area contributed by atoms with Crippen molar-refractivity contribution >= 4 is 0 Å². The molecule has 0 N–H and O–H groups in total. The molecule has 0 aliphatic heterocycles. The van der Waals surface area contributed by atoms with Gasteiger partial charge in [0.05, 0.1) is 0 Å². The maximum atomic E-state index is 2.30. The van der Waals surface area contributed by atoms with E-state index in [-0.39, 0.29) is 44.6 Å². The molecule has 0 heteroatoms. The highest BCUT2D eigenvalue weighted by molar-refractivity contribution is 4.49. The van der Waals surface area contributed by atoms with E-state index in [4.69, 9.17) is 0 Å². The van der Waals surface area contributed by atoms with Crippen LogP contribution >= 0.6 is 0 Å². The Bertz CT molecular complexity index is 123. The number of hydrogen-bond acceptors (Lipinski definition) is 0. The summed E-state index contributed by atoms with van der Waals surface area (Å²) < 4.78 is 0. The molecule has 0 fully saturated rings. The standard InChI is InChI=1S/C19H40.6CH4/c1-3-5-7-9-11-13-15-17-19-18-16-14-12-10-8-6-4-2;;;;;;/h3-19H2,1-2H3;6*1H4. The van der Waals surface area contributed by atoms with Crippen LogP contribution in [0, 0.1) is 0 Å². The lowest BCUT2D eigenvalue weighted by molar-refractivity contribution is 0.529. The van der Waals surface area contributed by atoms with Gasteiger partial charge in [0.1, 0.15) is 0 Å². The molecular weight excluding hydrogens is 300 g/mol. The highest BCUT2D eigenvalue weighted by Crippen LogP contribution is 2.13. The van der Waals surface area contributed by atoms with Crippen molar-refractivity contribution in [1.82, 2.24) is 0 Å². The fourth-order valence-electron chi connectivity index (χ4n) is 2.80. The van der Waals surface area contributed by atoms with Gasteiger partial charge in [0, 0.05) is 0 Å². The van der Waals surface area contributed by atoms with Crippen molar-refractivity contribution in [3.63, 3.8) is 0 Å². The Kier molecular flexibility index (Phi) is 78.1. The monoisotopic (exact) mass is 365 g/mol. The van der Waals surface area contributed by atoms with Crippen LogP contribution in [0.25, 0.3) is 0 Å². The number of hydrogen-bond donors (Lipinski definition) is 0. The minimum Gasteiger partial charge on any atom is -0.0776 e. The van der Waals surface area contributed by atoms with Gasteiger partial charge < -0.3 is 0 Å². The van der Waals surface area contributed by atoms with Crippen molar-refractivity contribution < 1.29 is 0 Å². The van der Waals surface area contributed by atoms with Crippen molar-refractivity contribution in [3.8, 4) is 0 Å². The van der Waals surface area contributed by atoms with Crippen LogP contribution in [-0.4, -0.2) is 0 Å². The van der Waals surface area contributed by atoms with Crippen molar-refractivity contribution in [3.05, 3.63) is 0 Å². The van der Waals surface area contributed by atoms with E-state index in [2.05, 4.69) is 13.8 Å². The fraction of sp³-hybridized carbons (Fsp3) is 1.00. The zero-order valence-corrected chi connectivity index (χ0v) is 14.0. The molecule has 164 valence electrons. The molecule has 0 radical (unpaired) electrons. The molecular formula is C25H64. The molecule has 0 unspecified atom stereocenters. The molecule has 0 aliphatic rings. The molecule has 0 bridgehead atoms. The highest BCUT2D eigenvalue weighted by Gasteiger charge is 1.94. The van der Waals surface area contributed by atoms with E-state index in [0.29, 0.717) is 0 Å². The molecule has 0 heterocycles. The predicted molar refractivity (Wildman–Crippen MR) is 130 cm³/mol. The van der Waals surface area contributed by atoms with E-state index >= 15 is 0 Å². The average Bonchev–Trinajstić information content (AvgIpc) is 2.43. The Balaban J connectivity index is -0.000000108. The lowest BCUT2D eigenvalue weighted by Crippen LogP contribution is -1.83. The first kappa shape index (κ1) is 44.4. The van der Waals surface area contributed by atoms with Gasteiger partial charge in [-0.25, -0.2) is 0 Å².